The molecule has 2 saturated heterocycles. The summed E-state index contributed by atoms with van der Waals surface area (Å²) in [5, 5.41) is 12.4. The van der Waals surface area contributed by atoms with Crippen molar-refractivity contribution in [2.75, 3.05) is 31.1 Å². The van der Waals surface area contributed by atoms with Crippen LogP contribution in [-0.2, 0) is 9.53 Å². The van der Waals surface area contributed by atoms with Gasteiger partial charge in [0.15, 0.2) is 0 Å². The number of fused-ring (bicyclic) bond motifs is 1. The third-order valence-electron chi connectivity index (χ3n) is 5.89. The number of aryl methyl sites for hydroxylation is 1. The van der Waals surface area contributed by atoms with Crippen molar-refractivity contribution in [1.29, 1.82) is 5.26 Å². The molecule has 1 amide bonds. The zero-order chi connectivity index (χ0) is 21.8. The van der Waals surface area contributed by atoms with E-state index in [2.05, 4.69) is 10.2 Å². The van der Waals surface area contributed by atoms with E-state index in [0.29, 0.717) is 24.6 Å². The highest BCUT2D eigenvalue weighted by Gasteiger charge is 2.22. The van der Waals surface area contributed by atoms with Crippen molar-refractivity contribution in [2.45, 2.75) is 45.1 Å². The average molecular weight is 422 g/mol. The van der Waals surface area contributed by atoms with Gasteiger partial charge in [-0.05, 0) is 56.7 Å². The van der Waals surface area contributed by atoms with Gasteiger partial charge in [0.1, 0.15) is 23.1 Å². The first kappa shape index (κ1) is 21.1. The number of nitrogens with one attached hydrogen (secondary N) is 1. The molecule has 0 saturated carbocycles. The Morgan fingerprint density at radius 2 is 2.16 bits per heavy atom. The molecule has 2 aliphatic heterocycles. The smallest absolute Gasteiger partial charge is 0.267 e. The highest BCUT2D eigenvalue weighted by molar-refractivity contribution is 6.02. The molecule has 2 aliphatic rings. The molecule has 2 aromatic heterocycles. The number of rotatable bonds is 5. The molecular formula is C23H27N5O3. The van der Waals surface area contributed by atoms with Gasteiger partial charge in [0.25, 0.3) is 11.5 Å². The molecule has 31 heavy (non-hydrogen) atoms. The van der Waals surface area contributed by atoms with Crippen LogP contribution in [0.5, 0.6) is 0 Å². The standard InChI is InChI=1S/C23H27N5O3/c1-16-7-5-11-28-20(16)26-21(27-9-3-2-4-10-27)19(23(28)30)13-17(14-24)22(29)25-15-18-8-6-12-31-18/h5,7,11,13,18H,2-4,6,8-10,12,15H2,1H3,(H,25,29)/b17-13-/t18-/m0/s1. The second-order valence-corrected chi connectivity index (χ2v) is 8.10. The van der Waals surface area contributed by atoms with Crippen LogP contribution in [0.2, 0.25) is 0 Å². The van der Waals surface area contributed by atoms with Gasteiger partial charge in [0, 0.05) is 32.4 Å². The fraction of sp³-hybridized carbons (Fsp3) is 0.478. The Morgan fingerprint density at radius 1 is 1.35 bits per heavy atom. The second-order valence-electron chi connectivity index (χ2n) is 8.10. The van der Waals surface area contributed by atoms with Gasteiger partial charge < -0.3 is 15.0 Å². The minimum absolute atomic E-state index is 0.0243. The number of hydrogen-bond donors (Lipinski definition) is 1. The molecule has 0 spiro atoms. The SMILES string of the molecule is Cc1cccn2c(=O)c(/C=C(/C#N)C(=O)NC[C@@H]3CCCO3)c(N3CCCCC3)nc12. The van der Waals surface area contributed by atoms with Gasteiger partial charge in [-0.25, -0.2) is 4.98 Å². The van der Waals surface area contributed by atoms with Gasteiger partial charge in [-0.1, -0.05) is 6.07 Å². The van der Waals surface area contributed by atoms with Crippen molar-refractivity contribution in [3.05, 3.63) is 45.4 Å². The van der Waals surface area contributed by atoms with Crippen molar-refractivity contribution < 1.29 is 9.53 Å². The lowest BCUT2D eigenvalue weighted by Gasteiger charge is -2.29. The predicted octanol–water partition coefficient (Wildman–Crippen LogP) is 2.20. The maximum Gasteiger partial charge on any atom is 0.267 e. The van der Waals surface area contributed by atoms with Crippen molar-refractivity contribution in [2.24, 2.45) is 0 Å². The largest absolute Gasteiger partial charge is 0.376 e. The molecule has 2 aromatic rings. The highest BCUT2D eigenvalue weighted by Crippen LogP contribution is 2.23. The summed E-state index contributed by atoms with van der Waals surface area (Å²) in [6, 6.07) is 5.66. The van der Waals surface area contributed by atoms with E-state index < -0.39 is 5.91 Å². The van der Waals surface area contributed by atoms with Crippen LogP contribution in [0.3, 0.4) is 0 Å². The summed E-state index contributed by atoms with van der Waals surface area (Å²) in [7, 11) is 0. The van der Waals surface area contributed by atoms with E-state index in [1.165, 1.54) is 10.5 Å². The van der Waals surface area contributed by atoms with Crippen molar-refractivity contribution in [3.63, 3.8) is 0 Å². The van der Waals surface area contributed by atoms with Crippen molar-refractivity contribution in [3.8, 4) is 6.07 Å². The molecule has 1 N–H and O–H groups in total. The van der Waals surface area contributed by atoms with E-state index in [0.717, 1.165) is 50.8 Å². The van der Waals surface area contributed by atoms with E-state index in [9.17, 15) is 14.9 Å². The number of pyridine rings is 1. The van der Waals surface area contributed by atoms with Crippen LogP contribution in [0, 0.1) is 18.3 Å². The lowest BCUT2D eigenvalue weighted by molar-refractivity contribution is -0.117. The summed E-state index contributed by atoms with van der Waals surface area (Å²) in [6.07, 6.45) is 8.07. The molecule has 8 nitrogen and oxygen atoms in total. The minimum atomic E-state index is -0.503. The number of hydrogen-bond acceptors (Lipinski definition) is 6. The molecule has 4 rings (SSSR count). The molecule has 0 aromatic carbocycles. The number of nitrogens with zero attached hydrogens (tertiary/aromatic N) is 4. The fourth-order valence-electron chi connectivity index (χ4n) is 4.17. The van der Waals surface area contributed by atoms with Crippen LogP contribution >= 0.6 is 0 Å². The Balaban J connectivity index is 1.74. The maximum atomic E-state index is 13.4. The Labute approximate surface area is 181 Å². The van der Waals surface area contributed by atoms with Crippen LogP contribution in [0.4, 0.5) is 5.82 Å². The van der Waals surface area contributed by atoms with E-state index in [-0.39, 0.29) is 22.8 Å². The van der Waals surface area contributed by atoms with Crippen LogP contribution < -0.4 is 15.8 Å². The lowest BCUT2D eigenvalue weighted by atomic mass is 10.1. The Bertz CT molecular complexity index is 1100. The zero-order valence-corrected chi connectivity index (χ0v) is 17.8. The molecule has 4 heterocycles. The molecule has 0 bridgehead atoms. The monoisotopic (exact) mass is 421 g/mol. The first-order chi connectivity index (χ1) is 15.1. The summed E-state index contributed by atoms with van der Waals surface area (Å²) in [6.45, 7) is 4.55. The normalized spacial score (nSPS) is 19.4. The van der Waals surface area contributed by atoms with Crippen LogP contribution in [-0.4, -0.2) is 47.6 Å². The van der Waals surface area contributed by atoms with Crippen molar-refractivity contribution >= 4 is 23.4 Å². The fourth-order valence-corrected chi connectivity index (χ4v) is 4.17. The minimum Gasteiger partial charge on any atom is -0.376 e. The molecule has 8 heteroatoms. The van der Waals surface area contributed by atoms with E-state index in [1.54, 1.807) is 12.3 Å². The first-order valence-corrected chi connectivity index (χ1v) is 10.9. The Morgan fingerprint density at radius 3 is 2.87 bits per heavy atom. The summed E-state index contributed by atoms with van der Waals surface area (Å²) in [5.74, 6) is 0.0370. The van der Waals surface area contributed by atoms with E-state index >= 15 is 0 Å². The Hall–Kier alpha value is -3.18. The van der Waals surface area contributed by atoms with Gasteiger partial charge in [-0.3, -0.25) is 14.0 Å². The molecule has 162 valence electrons. The molecular weight excluding hydrogens is 394 g/mol. The van der Waals surface area contributed by atoms with Gasteiger partial charge >= 0.3 is 0 Å². The summed E-state index contributed by atoms with van der Waals surface area (Å²) < 4.78 is 7.00. The summed E-state index contributed by atoms with van der Waals surface area (Å²) in [5.41, 5.74) is 1.36. The topological polar surface area (TPSA) is 99.7 Å². The number of carbonyl (C=O) groups excluding carboxylic acids is 1. The molecule has 0 unspecified atom stereocenters. The number of carbonyl (C=O) groups is 1. The highest BCUT2D eigenvalue weighted by atomic mass is 16.5. The number of aromatic nitrogens is 2. The van der Waals surface area contributed by atoms with Crippen LogP contribution in [0.1, 0.15) is 43.2 Å². The number of ether oxygens (including phenoxy) is 1. The third kappa shape index (κ3) is 4.47. The summed E-state index contributed by atoms with van der Waals surface area (Å²) >= 11 is 0. The van der Waals surface area contributed by atoms with Crippen molar-refractivity contribution in [1.82, 2.24) is 14.7 Å². The predicted molar refractivity (Wildman–Crippen MR) is 118 cm³/mol. The number of nitriles is 1. The number of amides is 1. The van der Waals surface area contributed by atoms with E-state index in [4.69, 9.17) is 9.72 Å². The number of anilines is 1. The van der Waals surface area contributed by atoms with Crippen LogP contribution in [0.25, 0.3) is 11.7 Å². The number of piperidine rings is 1. The quantitative estimate of drug-likeness (QED) is 0.587. The van der Waals surface area contributed by atoms with Gasteiger partial charge in [0.2, 0.25) is 0 Å². The van der Waals surface area contributed by atoms with Gasteiger partial charge in [0.05, 0.1) is 11.7 Å². The molecule has 1 atom stereocenters. The van der Waals surface area contributed by atoms with Gasteiger partial charge in [-0.2, -0.15) is 5.26 Å². The Kier molecular flexibility index (Phi) is 6.33. The average Bonchev–Trinajstić information content (AvgIpc) is 3.31. The maximum absolute atomic E-state index is 13.4. The molecule has 2 fully saturated rings. The molecule has 0 aliphatic carbocycles. The lowest BCUT2D eigenvalue weighted by Crippen LogP contribution is -2.34. The summed E-state index contributed by atoms with van der Waals surface area (Å²) in [4.78, 5) is 32.9. The molecule has 0 radical (unpaired) electrons. The van der Waals surface area contributed by atoms with Gasteiger partial charge in [-0.15, -0.1) is 0 Å². The zero-order valence-electron chi connectivity index (χ0n) is 17.8. The van der Waals surface area contributed by atoms with Crippen LogP contribution in [0.15, 0.2) is 28.7 Å². The first-order valence-electron chi connectivity index (χ1n) is 10.9. The second kappa shape index (κ2) is 9.31. The van der Waals surface area contributed by atoms with E-state index in [1.807, 2.05) is 19.1 Å². The third-order valence-corrected chi connectivity index (χ3v) is 5.89.